The van der Waals surface area contributed by atoms with E-state index < -0.39 is 29.7 Å². The first-order valence-electron chi connectivity index (χ1n) is 18.5. The van der Waals surface area contributed by atoms with E-state index in [0.29, 0.717) is 17.2 Å². The molecule has 2 aromatic carbocycles. The van der Waals surface area contributed by atoms with Gasteiger partial charge in [0.25, 0.3) is 11.8 Å². The Morgan fingerprint density at radius 1 is 0.870 bits per heavy atom. The Balaban J connectivity index is 0.796. The molecule has 5 aromatic rings. The third-order valence-corrected chi connectivity index (χ3v) is 10.9. The van der Waals surface area contributed by atoms with E-state index in [1.54, 1.807) is 30.5 Å². The second-order valence-corrected chi connectivity index (χ2v) is 14.4. The summed E-state index contributed by atoms with van der Waals surface area (Å²) in [6.45, 7) is 3.25. The summed E-state index contributed by atoms with van der Waals surface area (Å²) in [5.41, 5.74) is 4.79. The molecule has 2 N–H and O–H groups in total. The van der Waals surface area contributed by atoms with Gasteiger partial charge in [-0.1, -0.05) is 24.3 Å². The van der Waals surface area contributed by atoms with Gasteiger partial charge in [0, 0.05) is 32.1 Å². The van der Waals surface area contributed by atoms with E-state index in [1.807, 2.05) is 47.0 Å². The van der Waals surface area contributed by atoms with Gasteiger partial charge in [-0.25, -0.2) is 18.9 Å². The quantitative estimate of drug-likeness (QED) is 0.160. The molecule has 13 nitrogen and oxygen atoms in total. The van der Waals surface area contributed by atoms with Crippen molar-refractivity contribution in [2.45, 2.75) is 56.7 Å². The van der Waals surface area contributed by atoms with Gasteiger partial charge in [0.2, 0.25) is 11.8 Å². The van der Waals surface area contributed by atoms with Crippen LogP contribution in [0.4, 0.5) is 16.0 Å². The molecule has 274 valence electrons. The number of benzene rings is 2. The molecule has 2 atom stereocenters. The first-order chi connectivity index (χ1) is 26.3. The lowest BCUT2D eigenvalue weighted by atomic mass is 10.0. The number of fused-ring (bicyclic) bond motifs is 2. The molecular weight excluding hydrogens is 689 g/mol. The third kappa shape index (κ3) is 6.15. The van der Waals surface area contributed by atoms with E-state index in [4.69, 9.17) is 10.1 Å². The minimum atomic E-state index is -0.970. The van der Waals surface area contributed by atoms with Crippen LogP contribution in [-0.2, 0) is 16.0 Å². The highest BCUT2D eigenvalue weighted by Crippen LogP contribution is 2.36. The van der Waals surface area contributed by atoms with Gasteiger partial charge in [0.15, 0.2) is 5.65 Å². The van der Waals surface area contributed by atoms with E-state index >= 15 is 0 Å². The van der Waals surface area contributed by atoms with Crippen molar-refractivity contribution in [3.63, 3.8) is 0 Å². The van der Waals surface area contributed by atoms with E-state index in [1.165, 1.54) is 6.07 Å². The summed E-state index contributed by atoms with van der Waals surface area (Å²) < 4.78 is 15.9. The number of rotatable bonds is 10. The Kier molecular flexibility index (Phi) is 8.61. The second-order valence-electron chi connectivity index (χ2n) is 14.4. The Morgan fingerprint density at radius 2 is 1.72 bits per heavy atom. The molecule has 1 unspecified atom stereocenters. The molecule has 3 fully saturated rings. The maximum Gasteiger partial charge on any atom is 0.262 e. The molecule has 54 heavy (non-hydrogen) atoms. The predicted octanol–water partition coefficient (Wildman–Crippen LogP) is 4.08. The van der Waals surface area contributed by atoms with Crippen LogP contribution >= 0.6 is 0 Å². The first kappa shape index (κ1) is 33.8. The molecule has 3 saturated heterocycles. The van der Waals surface area contributed by atoms with Crippen molar-refractivity contribution in [1.82, 2.24) is 35.1 Å². The number of hydrogen-bond acceptors (Lipinski definition) is 10. The lowest BCUT2D eigenvalue weighted by molar-refractivity contribution is -0.136. The van der Waals surface area contributed by atoms with Crippen LogP contribution in [0.25, 0.3) is 17.0 Å². The number of nitrogens with one attached hydrogen (secondary N) is 2. The SMILES string of the molecule is O=C1CCC(N2C(=O)c3ccc(CCCNC4CN(c5cccc(-c6cnc7ccc(N8CCC[C@@H]8c8cccc(F)c8)nn67)n5)C4)cc3C2=O)C(=O)N1. The number of hydrogen-bond donors (Lipinski definition) is 2. The molecule has 0 radical (unpaired) electrons. The van der Waals surface area contributed by atoms with Crippen molar-refractivity contribution in [2.75, 3.05) is 36.0 Å². The molecule has 14 heteroatoms. The lowest BCUT2D eigenvalue weighted by Crippen LogP contribution is -2.58. The Morgan fingerprint density at radius 3 is 2.57 bits per heavy atom. The van der Waals surface area contributed by atoms with Gasteiger partial charge in [-0.05, 0) is 98.3 Å². The van der Waals surface area contributed by atoms with Crippen molar-refractivity contribution >= 4 is 40.9 Å². The van der Waals surface area contributed by atoms with E-state index in [0.717, 1.165) is 96.6 Å². The number of imidazole rings is 1. The number of pyridine rings is 1. The predicted molar refractivity (Wildman–Crippen MR) is 197 cm³/mol. The number of anilines is 2. The summed E-state index contributed by atoms with van der Waals surface area (Å²) in [6, 6.07) is 21.4. The highest BCUT2D eigenvalue weighted by atomic mass is 19.1. The lowest BCUT2D eigenvalue weighted by Gasteiger charge is -2.40. The van der Waals surface area contributed by atoms with Crippen molar-refractivity contribution in [2.24, 2.45) is 0 Å². The Hall–Kier alpha value is -6.02. The van der Waals surface area contributed by atoms with E-state index in [9.17, 15) is 23.6 Å². The summed E-state index contributed by atoms with van der Waals surface area (Å²) in [7, 11) is 0. The molecule has 0 spiro atoms. The minimum absolute atomic E-state index is 0.0589. The van der Waals surface area contributed by atoms with Crippen LogP contribution in [0, 0.1) is 5.82 Å². The second kappa shape index (κ2) is 13.8. The van der Waals surface area contributed by atoms with Crippen LogP contribution in [0.3, 0.4) is 0 Å². The normalized spacial score (nSPS) is 20.2. The molecule has 4 amide bonds. The van der Waals surface area contributed by atoms with Crippen molar-refractivity contribution in [3.05, 3.63) is 107 Å². The van der Waals surface area contributed by atoms with Gasteiger partial charge in [-0.3, -0.25) is 29.4 Å². The Bertz CT molecular complexity index is 2320. The van der Waals surface area contributed by atoms with Gasteiger partial charge in [0.05, 0.1) is 29.1 Å². The number of amides is 4. The number of nitrogens with zero attached hydrogens (tertiary/aromatic N) is 7. The fourth-order valence-corrected chi connectivity index (χ4v) is 8.10. The maximum atomic E-state index is 14.1. The maximum absolute atomic E-state index is 14.1. The van der Waals surface area contributed by atoms with Gasteiger partial charge < -0.3 is 15.1 Å². The molecular formula is C40H38FN9O4. The Labute approximate surface area is 310 Å². The smallest absolute Gasteiger partial charge is 0.262 e. The summed E-state index contributed by atoms with van der Waals surface area (Å²) >= 11 is 0. The standard InChI is InChI=1S/C40H38FN9O4/c41-26-7-1-6-25(20-26)31-9-4-18-48(31)36-15-14-34-43-21-33(50(34)46-36)30-8-2-10-35(44-30)47-22-27(23-47)42-17-3-5-24-11-12-28-29(19-24)40(54)49(39(28)53)32-13-16-37(51)45-38(32)52/h1-2,6-8,10-12,14-15,19-21,27,31-32,42H,3-5,9,13,16-18,22-23H2,(H,45,51,52)/t31-,32?/m1/s1. The zero-order chi connectivity index (χ0) is 36.9. The molecule has 0 saturated carbocycles. The number of carbonyl (C=O) groups excluding carboxylic acids is 4. The fraction of sp³-hybridized carbons (Fsp3) is 0.325. The van der Waals surface area contributed by atoms with Crippen LogP contribution < -0.4 is 20.4 Å². The van der Waals surface area contributed by atoms with Gasteiger partial charge in [-0.2, -0.15) is 0 Å². The first-order valence-corrected chi connectivity index (χ1v) is 18.5. The summed E-state index contributed by atoms with van der Waals surface area (Å²) in [5, 5.41) is 10.8. The number of aryl methyl sites for hydroxylation is 1. The largest absolute Gasteiger partial charge is 0.353 e. The molecule has 9 rings (SSSR count). The average molecular weight is 728 g/mol. The number of imide groups is 2. The molecule has 4 aliphatic heterocycles. The molecule has 0 aliphatic carbocycles. The summed E-state index contributed by atoms with van der Waals surface area (Å²) in [5.74, 6) is -0.524. The number of carbonyl (C=O) groups is 4. The molecule has 7 heterocycles. The highest BCUT2D eigenvalue weighted by molar-refractivity contribution is 6.23. The fourth-order valence-electron chi connectivity index (χ4n) is 8.10. The van der Waals surface area contributed by atoms with Gasteiger partial charge in [0.1, 0.15) is 29.2 Å². The minimum Gasteiger partial charge on any atom is -0.353 e. The van der Waals surface area contributed by atoms with Crippen LogP contribution in [0.2, 0.25) is 0 Å². The zero-order valence-corrected chi connectivity index (χ0v) is 29.5. The van der Waals surface area contributed by atoms with Gasteiger partial charge in [-0.15, -0.1) is 5.10 Å². The molecule has 3 aromatic heterocycles. The topological polar surface area (TPSA) is 145 Å². The number of piperidine rings is 1. The van der Waals surface area contributed by atoms with E-state index in [2.05, 4.69) is 25.4 Å². The zero-order valence-electron chi connectivity index (χ0n) is 29.5. The summed E-state index contributed by atoms with van der Waals surface area (Å²) in [4.78, 5) is 65.1. The van der Waals surface area contributed by atoms with Crippen LogP contribution in [-0.4, -0.2) is 86.4 Å². The average Bonchev–Trinajstić information content (AvgIpc) is 3.88. The van der Waals surface area contributed by atoms with Crippen LogP contribution in [0.15, 0.2) is 79.0 Å². The van der Waals surface area contributed by atoms with Crippen molar-refractivity contribution in [3.8, 4) is 11.4 Å². The number of aromatic nitrogens is 4. The molecule has 0 bridgehead atoms. The van der Waals surface area contributed by atoms with Crippen LogP contribution in [0.5, 0.6) is 0 Å². The van der Waals surface area contributed by atoms with E-state index in [-0.39, 0.29) is 24.7 Å². The molecule has 4 aliphatic rings. The summed E-state index contributed by atoms with van der Waals surface area (Å²) in [6.07, 6.45) is 5.52. The van der Waals surface area contributed by atoms with Gasteiger partial charge >= 0.3 is 0 Å². The van der Waals surface area contributed by atoms with Crippen molar-refractivity contribution < 1.29 is 23.6 Å². The number of halogens is 1. The van der Waals surface area contributed by atoms with Crippen LogP contribution in [0.1, 0.15) is 70.0 Å². The van der Waals surface area contributed by atoms with Crippen molar-refractivity contribution in [1.29, 1.82) is 0 Å². The monoisotopic (exact) mass is 727 g/mol. The highest BCUT2D eigenvalue weighted by Gasteiger charge is 2.44. The third-order valence-electron chi connectivity index (χ3n) is 10.9.